The van der Waals surface area contributed by atoms with Gasteiger partial charge in [0.1, 0.15) is 5.60 Å². The fraction of sp³-hybridized carbons (Fsp3) is 0.500. The topological polar surface area (TPSA) is 87.1 Å². The van der Waals surface area contributed by atoms with Gasteiger partial charge in [0.15, 0.2) is 0 Å². The van der Waals surface area contributed by atoms with Gasteiger partial charge in [-0.25, -0.2) is 0 Å². The van der Waals surface area contributed by atoms with Gasteiger partial charge in [-0.2, -0.15) is 4.98 Å². The minimum atomic E-state index is -0.502. The van der Waals surface area contributed by atoms with Crippen LogP contribution < -0.4 is 5.73 Å². The summed E-state index contributed by atoms with van der Waals surface area (Å²) in [7, 11) is 0. The van der Waals surface area contributed by atoms with Crippen LogP contribution in [0.15, 0.2) is 23.0 Å². The number of ether oxygens (including phenoxy) is 1. The van der Waals surface area contributed by atoms with Crippen LogP contribution >= 0.6 is 0 Å². The lowest BCUT2D eigenvalue weighted by Gasteiger charge is -2.27. The van der Waals surface area contributed by atoms with E-state index in [1.165, 1.54) is 0 Å². The summed E-state index contributed by atoms with van der Waals surface area (Å²) in [5.41, 5.74) is 6.57. The van der Waals surface area contributed by atoms with Gasteiger partial charge in [-0.3, -0.25) is 4.98 Å². The second-order valence-electron chi connectivity index (χ2n) is 4.52. The smallest absolute Gasteiger partial charge is 0.260 e. The fourth-order valence-electron chi connectivity index (χ4n) is 2.23. The van der Waals surface area contributed by atoms with E-state index >= 15 is 0 Å². The summed E-state index contributed by atoms with van der Waals surface area (Å²) in [6.45, 7) is 6.66. The molecule has 0 spiro atoms. The van der Waals surface area contributed by atoms with Crippen molar-refractivity contribution in [1.82, 2.24) is 15.1 Å². The molecule has 6 heteroatoms. The van der Waals surface area contributed by atoms with E-state index in [-0.39, 0.29) is 0 Å². The number of anilines is 1. The number of pyridine rings is 1. The highest BCUT2D eigenvalue weighted by atomic mass is 16.5. The van der Waals surface area contributed by atoms with E-state index in [2.05, 4.69) is 29.0 Å². The van der Waals surface area contributed by atoms with Gasteiger partial charge in [-0.15, -0.1) is 0 Å². The van der Waals surface area contributed by atoms with Crippen molar-refractivity contribution in [3.63, 3.8) is 0 Å². The predicted octanol–water partition coefficient (Wildman–Crippen LogP) is 2.77. The lowest BCUT2D eigenvalue weighted by molar-refractivity contribution is -0.0583. The third-order valence-electron chi connectivity index (χ3n) is 3.48. The second kappa shape index (κ2) is 6.00. The summed E-state index contributed by atoms with van der Waals surface area (Å²) in [6, 6.07) is 1.76. The molecule has 0 bridgehead atoms. The maximum Gasteiger partial charge on any atom is 0.260 e. The first kappa shape index (κ1) is 14.5. The number of aromatic nitrogens is 3. The molecule has 0 saturated heterocycles. The molecule has 0 aromatic carbocycles. The Hall–Kier alpha value is -1.95. The van der Waals surface area contributed by atoms with Crippen LogP contribution in [-0.2, 0) is 10.3 Å². The molecule has 0 saturated carbocycles. The normalized spacial score (nSPS) is 11.8. The highest BCUT2D eigenvalue weighted by molar-refractivity contribution is 5.68. The number of rotatable bonds is 6. The van der Waals surface area contributed by atoms with E-state index < -0.39 is 5.60 Å². The Morgan fingerprint density at radius 3 is 2.65 bits per heavy atom. The van der Waals surface area contributed by atoms with E-state index in [1.54, 1.807) is 18.5 Å². The van der Waals surface area contributed by atoms with Crippen LogP contribution in [0, 0.1) is 0 Å². The molecule has 0 aliphatic heterocycles. The van der Waals surface area contributed by atoms with Crippen LogP contribution in [0.1, 0.15) is 39.4 Å². The van der Waals surface area contributed by atoms with Gasteiger partial charge in [0.25, 0.3) is 5.89 Å². The van der Waals surface area contributed by atoms with Gasteiger partial charge in [-0.05, 0) is 25.8 Å². The molecule has 2 aromatic heterocycles. The Morgan fingerprint density at radius 1 is 1.30 bits per heavy atom. The molecule has 2 N–H and O–H groups in total. The summed E-state index contributed by atoms with van der Waals surface area (Å²) < 4.78 is 11.2. The minimum absolute atomic E-state index is 0.394. The van der Waals surface area contributed by atoms with Gasteiger partial charge < -0.3 is 15.0 Å². The highest BCUT2D eigenvalue weighted by Crippen LogP contribution is 2.33. The van der Waals surface area contributed by atoms with Crippen LogP contribution in [0.4, 0.5) is 5.69 Å². The molecule has 20 heavy (non-hydrogen) atoms. The highest BCUT2D eigenvalue weighted by Gasteiger charge is 2.34. The van der Waals surface area contributed by atoms with Crippen LogP contribution in [0.3, 0.4) is 0 Å². The second-order valence-corrected chi connectivity index (χ2v) is 4.52. The van der Waals surface area contributed by atoms with E-state index in [0.717, 1.165) is 12.8 Å². The van der Waals surface area contributed by atoms with Gasteiger partial charge in [-0.1, -0.05) is 19.0 Å². The van der Waals surface area contributed by atoms with Gasteiger partial charge in [0.05, 0.1) is 17.4 Å². The zero-order chi connectivity index (χ0) is 14.6. The van der Waals surface area contributed by atoms with E-state index in [1.807, 2.05) is 6.92 Å². The van der Waals surface area contributed by atoms with Gasteiger partial charge in [0.2, 0.25) is 5.82 Å². The monoisotopic (exact) mass is 276 g/mol. The quantitative estimate of drug-likeness (QED) is 0.872. The molecule has 0 aliphatic rings. The average Bonchev–Trinajstić information content (AvgIpc) is 2.95. The SMILES string of the molecule is CCOC(CC)(CC)c1noc(-c2ccncc2N)n1. The summed E-state index contributed by atoms with van der Waals surface area (Å²) in [5.74, 6) is 0.960. The molecule has 6 nitrogen and oxygen atoms in total. The Kier molecular flexibility index (Phi) is 4.34. The Morgan fingerprint density at radius 2 is 2.05 bits per heavy atom. The molecule has 0 atom stereocenters. The zero-order valence-electron chi connectivity index (χ0n) is 12.1. The fourth-order valence-corrected chi connectivity index (χ4v) is 2.23. The van der Waals surface area contributed by atoms with Crippen molar-refractivity contribution >= 4 is 5.69 Å². The number of nitrogens with two attached hydrogens (primary N) is 1. The van der Waals surface area contributed by atoms with Crippen LogP contribution in [0.5, 0.6) is 0 Å². The van der Waals surface area contributed by atoms with Crippen molar-refractivity contribution in [2.45, 2.75) is 39.2 Å². The first-order chi connectivity index (χ1) is 9.66. The van der Waals surface area contributed by atoms with Crippen LogP contribution in [-0.4, -0.2) is 21.7 Å². The van der Waals surface area contributed by atoms with Crippen molar-refractivity contribution < 1.29 is 9.26 Å². The van der Waals surface area contributed by atoms with Crippen molar-refractivity contribution in [3.05, 3.63) is 24.3 Å². The Bertz CT molecular complexity index is 564. The van der Waals surface area contributed by atoms with Crippen molar-refractivity contribution in [1.29, 1.82) is 0 Å². The molecule has 0 amide bonds. The van der Waals surface area contributed by atoms with Crippen molar-refractivity contribution in [2.24, 2.45) is 0 Å². The molecule has 0 aliphatic carbocycles. The first-order valence-corrected chi connectivity index (χ1v) is 6.84. The van der Waals surface area contributed by atoms with Crippen LogP contribution in [0.2, 0.25) is 0 Å². The third-order valence-corrected chi connectivity index (χ3v) is 3.48. The van der Waals surface area contributed by atoms with Crippen molar-refractivity contribution in [2.75, 3.05) is 12.3 Å². The number of nitrogen functional groups attached to an aromatic ring is 1. The molecule has 2 heterocycles. The molecular weight excluding hydrogens is 256 g/mol. The minimum Gasteiger partial charge on any atom is -0.397 e. The molecule has 0 unspecified atom stereocenters. The summed E-state index contributed by atoms with van der Waals surface area (Å²) in [4.78, 5) is 8.41. The predicted molar refractivity (Wildman–Crippen MR) is 75.8 cm³/mol. The number of hydrogen-bond acceptors (Lipinski definition) is 6. The van der Waals surface area contributed by atoms with E-state index in [4.69, 9.17) is 15.0 Å². The van der Waals surface area contributed by atoms with E-state index in [9.17, 15) is 0 Å². The summed E-state index contributed by atoms with van der Waals surface area (Å²) >= 11 is 0. The zero-order valence-corrected chi connectivity index (χ0v) is 12.1. The standard InChI is InChI=1S/C14H20N4O2/c1-4-14(5-2,19-6-3)13-17-12(20-18-13)10-7-8-16-9-11(10)15/h7-9H,4-6,15H2,1-3H3. The average molecular weight is 276 g/mol. The molecule has 2 aromatic rings. The van der Waals surface area contributed by atoms with Gasteiger partial charge in [0, 0.05) is 12.8 Å². The number of nitrogens with zero attached hydrogens (tertiary/aromatic N) is 3. The summed E-state index contributed by atoms with van der Waals surface area (Å²) in [6.07, 6.45) is 4.77. The number of hydrogen-bond donors (Lipinski definition) is 1. The summed E-state index contributed by atoms with van der Waals surface area (Å²) in [5, 5.41) is 4.08. The first-order valence-electron chi connectivity index (χ1n) is 6.84. The molecule has 0 radical (unpaired) electrons. The lowest BCUT2D eigenvalue weighted by atomic mass is 9.96. The maximum atomic E-state index is 5.87. The van der Waals surface area contributed by atoms with Crippen molar-refractivity contribution in [3.8, 4) is 11.5 Å². The third kappa shape index (κ3) is 2.51. The Balaban J connectivity index is 2.39. The largest absolute Gasteiger partial charge is 0.397 e. The lowest BCUT2D eigenvalue weighted by Crippen LogP contribution is -2.29. The van der Waals surface area contributed by atoms with Gasteiger partial charge >= 0.3 is 0 Å². The molecule has 108 valence electrons. The molecular formula is C14H20N4O2. The van der Waals surface area contributed by atoms with E-state index in [0.29, 0.717) is 29.6 Å². The molecule has 2 rings (SSSR count). The Labute approximate surface area is 118 Å². The molecule has 0 fully saturated rings. The maximum absolute atomic E-state index is 5.87. The van der Waals surface area contributed by atoms with Crippen LogP contribution in [0.25, 0.3) is 11.5 Å².